The van der Waals surface area contributed by atoms with Gasteiger partial charge in [0.2, 0.25) is 0 Å². The molecule has 1 saturated carbocycles. The number of nitrogens with zero attached hydrogens (tertiary/aromatic N) is 2. The number of hydrogen-bond donors (Lipinski definition) is 1. The van der Waals surface area contributed by atoms with E-state index in [9.17, 15) is 5.11 Å². The van der Waals surface area contributed by atoms with Gasteiger partial charge in [0.25, 0.3) is 0 Å². The van der Waals surface area contributed by atoms with Gasteiger partial charge in [0, 0.05) is 17.2 Å². The molecule has 106 valence electrons. The monoisotopic (exact) mass is 288 g/mol. The molecule has 2 aromatic rings. The largest absolute Gasteiger partial charge is 0.386 e. The molecule has 1 aliphatic carbocycles. The minimum absolute atomic E-state index is 0.455. The topological polar surface area (TPSA) is 38.1 Å². The second-order valence-corrected chi connectivity index (χ2v) is 6.59. The van der Waals surface area contributed by atoms with Gasteiger partial charge in [0.1, 0.15) is 6.10 Å². The molecule has 0 amide bonds. The first-order valence-electron chi connectivity index (χ1n) is 7.23. The highest BCUT2D eigenvalue weighted by atomic mass is 32.2. The highest BCUT2D eigenvalue weighted by Crippen LogP contribution is 2.32. The van der Waals surface area contributed by atoms with E-state index < -0.39 is 6.10 Å². The van der Waals surface area contributed by atoms with Gasteiger partial charge in [0.05, 0.1) is 11.4 Å². The average molecular weight is 288 g/mol. The van der Waals surface area contributed by atoms with Crippen LogP contribution in [0.3, 0.4) is 0 Å². The Morgan fingerprint density at radius 1 is 1.20 bits per heavy atom. The Morgan fingerprint density at radius 2 is 1.95 bits per heavy atom. The van der Waals surface area contributed by atoms with Crippen molar-refractivity contribution in [3.63, 3.8) is 0 Å². The Morgan fingerprint density at radius 3 is 2.70 bits per heavy atom. The molecular weight excluding hydrogens is 268 g/mol. The summed E-state index contributed by atoms with van der Waals surface area (Å²) in [5.74, 6) is 0.753. The minimum Gasteiger partial charge on any atom is -0.386 e. The zero-order valence-corrected chi connectivity index (χ0v) is 12.3. The van der Waals surface area contributed by atoms with Crippen LogP contribution in [0.5, 0.6) is 0 Å². The molecule has 4 heteroatoms. The molecule has 1 fully saturated rings. The fourth-order valence-electron chi connectivity index (χ4n) is 2.72. The van der Waals surface area contributed by atoms with Gasteiger partial charge in [-0.15, -0.1) is 0 Å². The molecule has 3 rings (SSSR count). The Kier molecular flexibility index (Phi) is 4.43. The van der Waals surface area contributed by atoms with E-state index in [1.807, 2.05) is 52.8 Å². The van der Waals surface area contributed by atoms with Gasteiger partial charge in [-0.25, -0.2) is 4.68 Å². The van der Waals surface area contributed by atoms with E-state index in [2.05, 4.69) is 5.10 Å². The summed E-state index contributed by atoms with van der Waals surface area (Å²) in [6, 6.07) is 11.9. The first-order valence-corrected chi connectivity index (χ1v) is 8.28. The van der Waals surface area contributed by atoms with Gasteiger partial charge in [-0.1, -0.05) is 31.0 Å². The van der Waals surface area contributed by atoms with Crippen LogP contribution in [0, 0.1) is 0 Å². The number of benzene rings is 1. The van der Waals surface area contributed by atoms with Crippen LogP contribution in [0.1, 0.15) is 37.5 Å². The Labute approximate surface area is 124 Å². The van der Waals surface area contributed by atoms with Crippen LogP contribution in [0.2, 0.25) is 0 Å². The lowest BCUT2D eigenvalue weighted by atomic mass is 10.2. The number of thioether (sulfide) groups is 1. The van der Waals surface area contributed by atoms with Crippen LogP contribution >= 0.6 is 11.8 Å². The summed E-state index contributed by atoms with van der Waals surface area (Å²) in [6.07, 6.45) is 6.59. The van der Waals surface area contributed by atoms with Crippen molar-refractivity contribution in [1.82, 2.24) is 9.78 Å². The summed E-state index contributed by atoms with van der Waals surface area (Å²) < 4.78 is 1.83. The Bertz CT molecular complexity index is 534. The lowest BCUT2D eigenvalue weighted by Crippen LogP contribution is -2.11. The standard InChI is InChI=1S/C16H20N2OS/c19-16(12-20-14-8-4-5-9-14)15-10-11-17-18(15)13-6-2-1-3-7-13/h1-3,6-7,10-11,14,16,19H,4-5,8-9,12H2. The van der Waals surface area contributed by atoms with Crippen molar-refractivity contribution >= 4 is 11.8 Å². The molecule has 3 nitrogen and oxygen atoms in total. The molecule has 0 bridgehead atoms. The summed E-state index contributed by atoms with van der Waals surface area (Å²) in [5.41, 5.74) is 1.87. The smallest absolute Gasteiger partial charge is 0.105 e. The SMILES string of the molecule is OC(CSC1CCCC1)c1ccnn1-c1ccccc1. The van der Waals surface area contributed by atoms with Crippen molar-refractivity contribution in [3.8, 4) is 5.69 Å². The van der Waals surface area contributed by atoms with Crippen molar-refractivity contribution in [2.45, 2.75) is 37.0 Å². The van der Waals surface area contributed by atoms with Crippen molar-refractivity contribution in [2.75, 3.05) is 5.75 Å². The number of rotatable bonds is 5. The molecule has 1 heterocycles. The zero-order valence-electron chi connectivity index (χ0n) is 11.5. The average Bonchev–Trinajstić information content (AvgIpc) is 3.17. The van der Waals surface area contributed by atoms with E-state index >= 15 is 0 Å². The molecule has 0 spiro atoms. The molecule has 1 aliphatic rings. The maximum atomic E-state index is 10.4. The maximum absolute atomic E-state index is 10.4. The van der Waals surface area contributed by atoms with E-state index in [4.69, 9.17) is 0 Å². The minimum atomic E-state index is -0.455. The third-order valence-electron chi connectivity index (χ3n) is 3.81. The molecule has 0 aliphatic heterocycles. The normalized spacial score (nSPS) is 17.4. The molecule has 1 aromatic carbocycles. The third kappa shape index (κ3) is 3.07. The highest BCUT2D eigenvalue weighted by Gasteiger charge is 2.19. The summed E-state index contributed by atoms with van der Waals surface area (Å²) in [7, 11) is 0. The van der Waals surface area contributed by atoms with E-state index in [1.165, 1.54) is 25.7 Å². The molecular formula is C16H20N2OS. The van der Waals surface area contributed by atoms with E-state index in [0.717, 1.165) is 22.4 Å². The number of hydrogen-bond acceptors (Lipinski definition) is 3. The van der Waals surface area contributed by atoms with Crippen LogP contribution in [0.25, 0.3) is 5.69 Å². The summed E-state index contributed by atoms with van der Waals surface area (Å²) in [5, 5.41) is 15.5. The van der Waals surface area contributed by atoms with E-state index in [-0.39, 0.29) is 0 Å². The lowest BCUT2D eigenvalue weighted by Gasteiger charge is -2.15. The van der Waals surface area contributed by atoms with Gasteiger partial charge in [-0.3, -0.25) is 0 Å². The van der Waals surface area contributed by atoms with Crippen LogP contribution in [-0.4, -0.2) is 25.9 Å². The lowest BCUT2D eigenvalue weighted by molar-refractivity contribution is 0.195. The van der Waals surface area contributed by atoms with Gasteiger partial charge >= 0.3 is 0 Å². The predicted molar refractivity (Wildman–Crippen MR) is 83.2 cm³/mol. The molecule has 0 saturated heterocycles. The van der Waals surface area contributed by atoms with Crippen LogP contribution in [-0.2, 0) is 0 Å². The molecule has 1 N–H and O–H groups in total. The summed E-state index contributed by atoms with van der Waals surface area (Å²) in [6.45, 7) is 0. The Hall–Kier alpha value is -1.26. The maximum Gasteiger partial charge on any atom is 0.105 e. The Balaban J connectivity index is 1.69. The van der Waals surface area contributed by atoms with Crippen molar-refractivity contribution < 1.29 is 5.11 Å². The molecule has 20 heavy (non-hydrogen) atoms. The van der Waals surface area contributed by atoms with Crippen LogP contribution in [0.15, 0.2) is 42.6 Å². The summed E-state index contributed by atoms with van der Waals surface area (Å²) >= 11 is 1.90. The number of aliphatic hydroxyl groups is 1. The number of aromatic nitrogens is 2. The van der Waals surface area contributed by atoms with Gasteiger partial charge in [-0.2, -0.15) is 16.9 Å². The van der Waals surface area contributed by atoms with E-state index in [0.29, 0.717) is 0 Å². The molecule has 0 radical (unpaired) electrons. The molecule has 1 atom stereocenters. The number of para-hydroxylation sites is 1. The third-order valence-corrected chi connectivity index (χ3v) is 5.26. The van der Waals surface area contributed by atoms with Gasteiger partial charge < -0.3 is 5.11 Å². The highest BCUT2D eigenvalue weighted by molar-refractivity contribution is 7.99. The fourth-order valence-corrected chi connectivity index (χ4v) is 4.01. The quantitative estimate of drug-likeness (QED) is 0.914. The fraction of sp³-hybridized carbons (Fsp3) is 0.438. The van der Waals surface area contributed by atoms with Gasteiger partial charge in [0.15, 0.2) is 0 Å². The molecule has 1 aromatic heterocycles. The zero-order chi connectivity index (χ0) is 13.8. The van der Waals surface area contributed by atoms with Crippen molar-refractivity contribution in [2.24, 2.45) is 0 Å². The second kappa shape index (κ2) is 6.46. The first kappa shape index (κ1) is 13.7. The molecule has 1 unspecified atom stereocenters. The summed E-state index contributed by atoms with van der Waals surface area (Å²) in [4.78, 5) is 0. The first-order chi connectivity index (χ1) is 9.84. The van der Waals surface area contributed by atoms with E-state index in [1.54, 1.807) is 6.20 Å². The van der Waals surface area contributed by atoms with Crippen molar-refractivity contribution in [1.29, 1.82) is 0 Å². The van der Waals surface area contributed by atoms with Gasteiger partial charge in [-0.05, 0) is 31.0 Å². The van der Waals surface area contributed by atoms with Crippen molar-refractivity contribution in [3.05, 3.63) is 48.3 Å². The predicted octanol–water partition coefficient (Wildman–Crippen LogP) is 3.58. The van der Waals surface area contributed by atoms with Crippen LogP contribution < -0.4 is 0 Å². The number of aliphatic hydroxyl groups excluding tert-OH is 1. The van der Waals surface area contributed by atoms with Crippen LogP contribution in [0.4, 0.5) is 0 Å². The second-order valence-electron chi connectivity index (χ2n) is 5.26.